The molecule has 3 aromatic heterocycles. The fourth-order valence-corrected chi connectivity index (χ4v) is 2.00. The first-order chi connectivity index (χ1) is 8.81. The van der Waals surface area contributed by atoms with E-state index in [1.165, 1.54) is 0 Å². The molecule has 0 amide bonds. The van der Waals surface area contributed by atoms with Gasteiger partial charge < -0.3 is 10.3 Å². The molecular formula is C13H15N5. The number of aromatic nitrogens is 4. The van der Waals surface area contributed by atoms with Crippen molar-refractivity contribution in [3.63, 3.8) is 0 Å². The number of aromatic amines is 1. The van der Waals surface area contributed by atoms with Crippen LogP contribution in [-0.4, -0.2) is 25.8 Å². The Hall–Kier alpha value is -2.30. The number of nitrogens with zero attached hydrogens (tertiary/aromatic N) is 3. The van der Waals surface area contributed by atoms with Crippen LogP contribution in [-0.2, 0) is 6.54 Å². The minimum absolute atomic E-state index is 0.268. The van der Waals surface area contributed by atoms with E-state index in [-0.39, 0.29) is 6.04 Å². The summed E-state index contributed by atoms with van der Waals surface area (Å²) in [6.07, 6.45) is 5.64. The van der Waals surface area contributed by atoms with Gasteiger partial charge in [0.2, 0.25) is 0 Å². The first kappa shape index (κ1) is 10.8. The number of pyridine rings is 1. The Kier molecular flexibility index (Phi) is 2.72. The monoisotopic (exact) mass is 241 g/mol. The number of H-pyrrole nitrogens is 1. The van der Waals surface area contributed by atoms with E-state index < -0.39 is 0 Å². The molecule has 3 aromatic rings. The summed E-state index contributed by atoms with van der Waals surface area (Å²) in [4.78, 5) is 7.62. The molecule has 3 rings (SSSR count). The molecule has 0 aliphatic heterocycles. The Balaban J connectivity index is 1.71. The second kappa shape index (κ2) is 4.52. The van der Waals surface area contributed by atoms with Gasteiger partial charge in [-0.05, 0) is 31.2 Å². The molecule has 0 unspecified atom stereocenters. The number of hydrogen-bond donors (Lipinski definition) is 2. The molecule has 0 fully saturated rings. The SMILES string of the molecule is C[C@@H](Cn1cccn1)Nc1ccc2cc[nH]c2n1. The van der Waals surface area contributed by atoms with Crippen molar-refractivity contribution in [2.24, 2.45) is 0 Å². The van der Waals surface area contributed by atoms with E-state index in [0.29, 0.717) is 0 Å². The quantitative estimate of drug-likeness (QED) is 0.736. The summed E-state index contributed by atoms with van der Waals surface area (Å²) < 4.78 is 1.91. The van der Waals surface area contributed by atoms with E-state index in [1.54, 1.807) is 6.20 Å². The predicted molar refractivity (Wildman–Crippen MR) is 71.4 cm³/mol. The molecule has 92 valence electrons. The lowest BCUT2D eigenvalue weighted by atomic mass is 10.3. The lowest BCUT2D eigenvalue weighted by Crippen LogP contribution is -2.22. The van der Waals surface area contributed by atoms with E-state index in [1.807, 2.05) is 35.3 Å². The number of rotatable bonds is 4. The van der Waals surface area contributed by atoms with E-state index in [0.717, 1.165) is 23.4 Å². The van der Waals surface area contributed by atoms with Gasteiger partial charge in [-0.15, -0.1) is 0 Å². The Morgan fingerprint density at radius 3 is 3.17 bits per heavy atom. The zero-order valence-electron chi connectivity index (χ0n) is 10.2. The number of hydrogen-bond acceptors (Lipinski definition) is 3. The molecule has 3 heterocycles. The van der Waals surface area contributed by atoms with Crippen LogP contribution in [0.5, 0.6) is 0 Å². The maximum atomic E-state index is 4.51. The molecule has 5 nitrogen and oxygen atoms in total. The van der Waals surface area contributed by atoms with Gasteiger partial charge in [0.15, 0.2) is 0 Å². The smallest absolute Gasteiger partial charge is 0.139 e. The molecule has 0 radical (unpaired) electrons. The van der Waals surface area contributed by atoms with Crippen molar-refractivity contribution in [2.75, 3.05) is 5.32 Å². The van der Waals surface area contributed by atoms with Crippen LogP contribution in [0.4, 0.5) is 5.82 Å². The average Bonchev–Trinajstić information content (AvgIpc) is 2.98. The molecule has 5 heteroatoms. The van der Waals surface area contributed by atoms with Crippen molar-refractivity contribution in [2.45, 2.75) is 19.5 Å². The highest BCUT2D eigenvalue weighted by Crippen LogP contribution is 2.14. The molecule has 2 N–H and O–H groups in total. The molecule has 0 bridgehead atoms. The zero-order valence-corrected chi connectivity index (χ0v) is 10.2. The first-order valence-electron chi connectivity index (χ1n) is 5.99. The Labute approximate surface area is 105 Å². The van der Waals surface area contributed by atoms with Crippen molar-refractivity contribution >= 4 is 16.9 Å². The summed E-state index contributed by atoms with van der Waals surface area (Å²) in [6, 6.07) is 8.26. The Morgan fingerprint density at radius 1 is 1.39 bits per heavy atom. The molecule has 0 spiro atoms. The lowest BCUT2D eigenvalue weighted by Gasteiger charge is -2.14. The van der Waals surface area contributed by atoms with Crippen LogP contribution in [0.1, 0.15) is 6.92 Å². The molecule has 0 aromatic carbocycles. The third-order valence-corrected chi connectivity index (χ3v) is 2.82. The largest absolute Gasteiger partial charge is 0.366 e. The van der Waals surface area contributed by atoms with Gasteiger partial charge in [0.25, 0.3) is 0 Å². The highest BCUT2D eigenvalue weighted by atomic mass is 15.3. The topological polar surface area (TPSA) is 58.5 Å². The summed E-state index contributed by atoms with van der Waals surface area (Å²) >= 11 is 0. The molecule has 0 aliphatic rings. The van der Waals surface area contributed by atoms with Gasteiger partial charge in [-0.25, -0.2) is 4.98 Å². The fraction of sp³-hybridized carbons (Fsp3) is 0.231. The maximum absolute atomic E-state index is 4.51. The minimum Gasteiger partial charge on any atom is -0.366 e. The summed E-state index contributed by atoms with van der Waals surface area (Å²) in [5, 5.41) is 8.68. The number of anilines is 1. The summed E-state index contributed by atoms with van der Waals surface area (Å²) in [7, 11) is 0. The van der Waals surface area contributed by atoms with Crippen LogP contribution in [0.15, 0.2) is 42.9 Å². The van der Waals surface area contributed by atoms with Crippen LogP contribution in [0.2, 0.25) is 0 Å². The van der Waals surface area contributed by atoms with Gasteiger partial charge in [-0.1, -0.05) is 0 Å². The number of fused-ring (bicyclic) bond motifs is 1. The normalized spacial score (nSPS) is 12.7. The maximum Gasteiger partial charge on any atom is 0.139 e. The summed E-state index contributed by atoms with van der Waals surface area (Å²) in [5.74, 6) is 0.879. The van der Waals surface area contributed by atoms with Crippen molar-refractivity contribution in [1.29, 1.82) is 0 Å². The van der Waals surface area contributed by atoms with Crippen molar-refractivity contribution < 1.29 is 0 Å². The second-order valence-electron chi connectivity index (χ2n) is 4.39. The van der Waals surface area contributed by atoms with Gasteiger partial charge in [0.1, 0.15) is 11.5 Å². The van der Waals surface area contributed by atoms with Gasteiger partial charge in [-0.3, -0.25) is 4.68 Å². The van der Waals surface area contributed by atoms with Crippen molar-refractivity contribution in [1.82, 2.24) is 19.7 Å². The van der Waals surface area contributed by atoms with Gasteiger partial charge in [-0.2, -0.15) is 5.10 Å². The fourth-order valence-electron chi connectivity index (χ4n) is 2.00. The lowest BCUT2D eigenvalue weighted by molar-refractivity contribution is 0.560. The highest BCUT2D eigenvalue weighted by molar-refractivity contribution is 5.77. The summed E-state index contributed by atoms with van der Waals surface area (Å²) in [6.45, 7) is 2.93. The van der Waals surface area contributed by atoms with Crippen LogP contribution in [0, 0.1) is 0 Å². The van der Waals surface area contributed by atoms with Crippen LogP contribution >= 0.6 is 0 Å². The van der Waals surface area contributed by atoms with E-state index in [2.05, 4.69) is 33.4 Å². The average molecular weight is 241 g/mol. The molecule has 0 saturated heterocycles. The van der Waals surface area contributed by atoms with E-state index in [4.69, 9.17) is 0 Å². The third-order valence-electron chi connectivity index (χ3n) is 2.82. The predicted octanol–water partition coefficient (Wildman–Crippen LogP) is 2.26. The molecule has 18 heavy (non-hydrogen) atoms. The Morgan fingerprint density at radius 2 is 2.33 bits per heavy atom. The van der Waals surface area contributed by atoms with Gasteiger partial charge in [0.05, 0.1) is 6.54 Å². The van der Waals surface area contributed by atoms with Crippen molar-refractivity contribution in [3.05, 3.63) is 42.9 Å². The minimum atomic E-state index is 0.268. The van der Waals surface area contributed by atoms with Gasteiger partial charge >= 0.3 is 0 Å². The van der Waals surface area contributed by atoms with Crippen LogP contribution in [0.3, 0.4) is 0 Å². The second-order valence-corrected chi connectivity index (χ2v) is 4.39. The zero-order chi connectivity index (χ0) is 12.4. The number of nitrogens with one attached hydrogen (secondary N) is 2. The standard InChI is InChI=1S/C13H15N5/c1-10(9-18-8-2-6-15-18)16-12-4-3-11-5-7-14-13(11)17-12/h2-8,10H,9H2,1H3,(H2,14,16,17)/t10-/m0/s1. The van der Waals surface area contributed by atoms with Crippen LogP contribution < -0.4 is 5.32 Å². The first-order valence-corrected chi connectivity index (χ1v) is 5.99. The molecular weight excluding hydrogens is 226 g/mol. The van der Waals surface area contributed by atoms with E-state index >= 15 is 0 Å². The molecule has 0 aliphatic carbocycles. The summed E-state index contributed by atoms with van der Waals surface area (Å²) in [5.41, 5.74) is 0.909. The molecule has 1 atom stereocenters. The Bertz CT molecular complexity index is 626. The third kappa shape index (κ3) is 2.20. The van der Waals surface area contributed by atoms with E-state index in [9.17, 15) is 0 Å². The molecule has 0 saturated carbocycles. The van der Waals surface area contributed by atoms with Gasteiger partial charge in [0, 0.05) is 30.0 Å². The van der Waals surface area contributed by atoms with Crippen LogP contribution in [0.25, 0.3) is 11.0 Å². The van der Waals surface area contributed by atoms with Crippen molar-refractivity contribution in [3.8, 4) is 0 Å². The highest BCUT2D eigenvalue weighted by Gasteiger charge is 2.05.